The van der Waals surface area contributed by atoms with Gasteiger partial charge in [0.2, 0.25) is 11.8 Å². The maximum Gasteiger partial charge on any atom is 0.223 e. The van der Waals surface area contributed by atoms with Gasteiger partial charge in [-0.25, -0.2) is 0 Å². The molecule has 1 saturated heterocycles. The van der Waals surface area contributed by atoms with Crippen molar-refractivity contribution in [3.05, 3.63) is 35.4 Å². The Bertz CT molecular complexity index is 693. The molecule has 2 heterocycles. The molecule has 1 aliphatic carbocycles. The highest BCUT2D eigenvalue weighted by Gasteiger charge is 2.25. The molecule has 0 aromatic heterocycles. The number of nitrogens with one attached hydrogen (secondary N) is 1. The Hall–Kier alpha value is -1.92. The third-order valence-corrected chi connectivity index (χ3v) is 5.88. The first-order chi connectivity index (χ1) is 13.5. The van der Waals surface area contributed by atoms with E-state index in [0.717, 1.165) is 43.8 Å². The van der Waals surface area contributed by atoms with Gasteiger partial charge in [0.25, 0.3) is 0 Å². The van der Waals surface area contributed by atoms with Crippen molar-refractivity contribution in [1.29, 1.82) is 0 Å². The summed E-state index contributed by atoms with van der Waals surface area (Å²) in [7, 11) is 0. The molecule has 2 aliphatic heterocycles. The van der Waals surface area contributed by atoms with Crippen LogP contribution in [0.3, 0.4) is 0 Å². The molecule has 28 heavy (non-hydrogen) atoms. The van der Waals surface area contributed by atoms with Gasteiger partial charge in [-0.1, -0.05) is 29.8 Å². The molecular formula is C21H28ClN3O3. The number of aliphatic hydroxyl groups is 1. The first kappa shape index (κ1) is 20.8. The molecule has 2 amide bonds. The van der Waals surface area contributed by atoms with Crippen LogP contribution in [0, 0.1) is 11.8 Å². The van der Waals surface area contributed by atoms with E-state index in [1.807, 2.05) is 11.0 Å². The van der Waals surface area contributed by atoms with Crippen molar-refractivity contribution in [2.45, 2.75) is 50.8 Å². The van der Waals surface area contributed by atoms with Gasteiger partial charge in [0, 0.05) is 37.2 Å². The van der Waals surface area contributed by atoms with Gasteiger partial charge >= 0.3 is 0 Å². The SMILES string of the molecule is O=C(CCC(=O)N1CCC(CC2C=CC(Cl)=CC2)CC1)NC1C=CC=NC1O. The minimum absolute atomic E-state index is 0.0265. The topological polar surface area (TPSA) is 82.0 Å². The first-order valence-electron chi connectivity index (χ1n) is 10.0. The molecule has 3 unspecified atom stereocenters. The summed E-state index contributed by atoms with van der Waals surface area (Å²) >= 11 is 5.97. The van der Waals surface area contributed by atoms with Crippen LogP contribution in [0.25, 0.3) is 0 Å². The average molecular weight is 406 g/mol. The van der Waals surface area contributed by atoms with Crippen LogP contribution < -0.4 is 5.32 Å². The van der Waals surface area contributed by atoms with Gasteiger partial charge in [0.05, 0.1) is 6.04 Å². The number of carbonyl (C=O) groups is 2. The number of rotatable bonds is 6. The molecule has 3 rings (SSSR count). The summed E-state index contributed by atoms with van der Waals surface area (Å²) in [5.74, 6) is 0.961. The number of allylic oxidation sites excluding steroid dienone is 5. The van der Waals surface area contributed by atoms with Crippen molar-refractivity contribution < 1.29 is 14.7 Å². The quantitative estimate of drug-likeness (QED) is 0.712. The molecular weight excluding hydrogens is 378 g/mol. The Labute approximate surface area is 171 Å². The lowest BCUT2D eigenvalue weighted by molar-refractivity contribution is -0.135. The van der Waals surface area contributed by atoms with Crippen LogP contribution >= 0.6 is 11.6 Å². The molecule has 1 fully saturated rings. The van der Waals surface area contributed by atoms with Crippen molar-refractivity contribution in [3.8, 4) is 0 Å². The Morgan fingerprint density at radius 2 is 2.04 bits per heavy atom. The third-order valence-electron chi connectivity index (χ3n) is 5.60. The van der Waals surface area contributed by atoms with Gasteiger partial charge in [0.1, 0.15) is 0 Å². The second-order valence-electron chi connectivity index (χ2n) is 7.69. The molecule has 0 aromatic rings. The van der Waals surface area contributed by atoms with Crippen LogP contribution in [0.5, 0.6) is 0 Å². The summed E-state index contributed by atoms with van der Waals surface area (Å²) < 4.78 is 0. The Kier molecular flexibility index (Phi) is 7.45. The molecule has 0 bridgehead atoms. The van der Waals surface area contributed by atoms with Crippen LogP contribution in [-0.2, 0) is 9.59 Å². The summed E-state index contributed by atoms with van der Waals surface area (Å²) in [5.41, 5.74) is 0. The third kappa shape index (κ3) is 6.04. The smallest absolute Gasteiger partial charge is 0.223 e. The van der Waals surface area contributed by atoms with E-state index in [9.17, 15) is 14.7 Å². The van der Waals surface area contributed by atoms with E-state index in [4.69, 9.17) is 11.6 Å². The number of halogens is 1. The standard InChI is InChI=1S/C21H28ClN3O3/c22-17-5-3-15(4-6-17)14-16-9-12-25(13-10-16)20(27)8-7-19(26)24-18-2-1-11-23-21(18)28/h1-3,5-6,11,15-16,18,21,28H,4,7-10,12-14H2,(H,24,26). The fourth-order valence-corrected chi connectivity index (χ4v) is 4.08. The molecule has 152 valence electrons. The molecule has 0 spiro atoms. The van der Waals surface area contributed by atoms with Crippen molar-refractivity contribution in [2.24, 2.45) is 16.8 Å². The van der Waals surface area contributed by atoms with Crippen LogP contribution in [-0.4, -0.2) is 53.4 Å². The molecule has 0 saturated carbocycles. The van der Waals surface area contributed by atoms with E-state index >= 15 is 0 Å². The van der Waals surface area contributed by atoms with E-state index in [1.54, 1.807) is 12.2 Å². The maximum absolute atomic E-state index is 12.4. The van der Waals surface area contributed by atoms with Gasteiger partial charge in [-0.2, -0.15) is 0 Å². The zero-order valence-corrected chi connectivity index (χ0v) is 16.7. The zero-order chi connectivity index (χ0) is 19.9. The lowest BCUT2D eigenvalue weighted by atomic mass is 9.84. The Balaban J connectivity index is 1.33. The van der Waals surface area contributed by atoms with Crippen LogP contribution in [0.2, 0.25) is 0 Å². The number of hydrogen-bond donors (Lipinski definition) is 2. The van der Waals surface area contributed by atoms with E-state index < -0.39 is 12.3 Å². The van der Waals surface area contributed by atoms with Crippen LogP contribution in [0.15, 0.2) is 40.4 Å². The average Bonchev–Trinajstić information content (AvgIpc) is 2.70. The molecule has 0 radical (unpaired) electrons. The number of piperidine rings is 1. The lowest BCUT2D eigenvalue weighted by Crippen LogP contribution is -2.43. The molecule has 6 nitrogen and oxygen atoms in total. The van der Waals surface area contributed by atoms with Crippen molar-refractivity contribution in [2.75, 3.05) is 13.1 Å². The molecule has 2 N–H and O–H groups in total. The van der Waals surface area contributed by atoms with E-state index in [2.05, 4.69) is 22.5 Å². The minimum atomic E-state index is -0.964. The van der Waals surface area contributed by atoms with Gasteiger partial charge < -0.3 is 15.3 Å². The Morgan fingerprint density at radius 3 is 2.71 bits per heavy atom. The van der Waals surface area contributed by atoms with Crippen molar-refractivity contribution in [1.82, 2.24) is 10.2 Å². The number of dihydropyridines is 1. The number of amides is 2. The number of hydrogen-bond acceptors (Lipinski definition) is 4. The maximum atomic E-state index is 12.4. The van der Waals surface area contributed by atoms with Gasteiger partial charge in [0.15, 0.2) is 6.23 Å². The molecule has 3 aliphatic rings. The summed E-state index contributed by atoms with van der Waals surface area (Å²) in [5, 5.41) is 13.2. The molecule has 3 atom stereocenters. The van der Waals surface area contributed by atoms with E-state index in [0.29, 0.717) is 11.8 Å². The lowest BCUT2D eigenvalue weighted by Gasteiger charge is -2.33. The van der Waals surface area contributed by atoms with Gasteiger partial charge in [-0.3, -0.25) is 14.6 Å². The summed E-state index contributed by atoms with van der Waals surface area (Å²) in [4.78, 5) is 30.2. The number of carbonyl (C=O) groups excluding carboxylic acids is 2. The number of aliphatic imine (C=N–C) groups is 1. The fourth-order valence-electron chi connectivity index (χ4n) is 3.92. The van der Waals surface area contributed by atoms with E-state index in [1.165, 1.54) is 6.21 Å². The van der Waals surface area contributed by atoms with E-state index in [-0.39, 0.29) is 24.7 Å². The Morgan fingerprint density at radius 1 is 1.25 bits per heavy atom. The molecule has 7 heteroatoms. The predicted octanol–water partition coefficient (Wildman–Crippen LogP) is 2.54. The molecule has 0 aromatic carbocycles. The normalized spacial score (nSPS) is 27.6. The zero-order valence-electron chi connectivity index (χ0n) is 16.0. The number of nitrogens with zero attached hydrogens (tertiary/aromatic N) is 2. The second-order valence-corrected chi connectivity index (χ2v) is 8.13. The van der Waals surface area contributed by atoms with Crippen LogP contribution in [0.4, 0.5) is 0 Å². The highest BCUT2D eigenvalue weighted by molar-refractivity contribution is 6.31. The van der Waals surface area contributed by atoms with Gasteiger partial charge in [-0.05, 0) is 49.7 Å². The highest BCUT2D eigenvalue weighted by Crippen LogP contribution is 2.30. The summed E-state index contributed by atoms with van der Waals surface area (Å²) in [6.45, 7) is 1.52. The number of aliphatic hydroxyl groups excluding tert-OH is 1. The fraction of sp³-hybridized carbons (Fsp3) is 0.571. The van der Waals surface area contributed by atoms with Crippen molar-refractivity contribution in [3.63, 3.8) is 0 Å². The predicted molar refractivity (Wildman–Crippen MR) is 110 cm³/mol. The van der Waals surface area contributed by atoms with Crippen LogP contribution in [0.1, 0.15) is 38.5 Å². The summed E-state index contributed by atoms with van der Waals surface area (Å²) in [6.07, 6.45) is 14.6. The number of likely N-dealkylation sites (tertiary alicyclic amines) is 1. The highest BCUT2D eigenvalue weighted by atomic mass is 35.5. The van der Waals surface area contributed by atoms with Crippen molar-refractivity contribution >= 4 is 29.6 Å². The second kappa shape index (κ2) is 10.0. The summed E-state index contributed by atoms with van der Waals surface area (Å²) in [6, 6.07) is -0.526. The minimum Gasteiger partial charge on any atom is -0.370 e. The van der Waals surface area contributed by atoms with Gasteiger partial charge in [-0.15, -0.1) is 0 Å². The largest absolute Gasteiger partial charge is 0.370 e. The first-order valence-corrected chi connectivity index (χ1v) is 10.4. The monoisotopic (exact) mass is 405 g/mol.